The second kappa shape index (κ2) is 5.00. The van der Waals surface area contributed by atoms with E-state index < -0.39 is 0 Å². The molecular formula is C15H12Cl2N2. The molecule has 1 heterocycles. The number of aryl methyl sites for hydroxylation is 1. The standard InChI is InChI=1S/C15H12Cl2N2/c16-12-6-5-11-9(7-8-18)10-3-1-2-4-13(10)19-15(11)14(12)17/h5-6H,1-4,7H2. The maximum absolute atomic E-state index is 9.08. The van der Waals surface area contributed by atoms with Crippen LogP contribution in [0.25, 0.3) is 10.9 Å². The molecule has 1 aliphatic carbocycles. The molecular weight excluding hydrogens is 279 g/mol. The van der Waals surface area contributed by atoms with Gasteiger partial charge in [0.1, 0.15) is 0 Å². The smallest absolute Gasteiger partial charge is 0.0910 e. The third kappa shape index (κ3) is 2.08. The highest BCUT2D eigenvalue weighted by molar-refractivity contribution is 6.45. The molecule has 0 unspecified atom stereocenters. The molecule has 2 aromatic rings. The molecule has 0 amide bonds. The number of nitriles is 1. The predicted octanol–water partition coefficient (Wildman–Crippen LogP) is 4.49. The maximum Gasteiger partial charge on any atom is 0.0910 e. The third-order valence-electron chi connectivity index (χ3n) is 3.70. The molecule has 0 bridgehead atoms. The molecule has 0 saturated carbocycles. The van der Waals surface area contributed by atoms with E-state index in [0.29, 0.717) is 16.5 Å². The molecule has 0 aliphatic heterocycles. The van der Waals surface area contributed by atoms with Crippen molar-refractivity contribution in [3.05, 3.63) is 39.0 Å². The van der Waals surface area contributed by atoms with Crippen LogP contribution in [0.2, 0.25) is 10.0 Å². The van der Waals surface area contributed by atoms with E-state index in [9.17, 15) is 0 Å². The van der Waals surface area contributed by atoms with E-state index in [4.69, 9.17) is 33.4 Å². The number of fused-ring (bicyclic) bond motifs is 2. The summed E-state index contributed by atoms with van der Waals surface area (Å²) in [6.07, 6.45) is 4.69. The Morgan fingerprint density at radius 2 is 2.00 bits per heavy atom. The highest BCUT2D eigenvalue weighted by Gasteiger charge is 2.19. The second-order valence-corrected chi connectivity index (χ2v) is 5.60. The normalized spacial score (nSPS) is 14.2. The van der Waals surface area contributed by atoms with Gasteiger partial charge in [0.05, 0.1) is 28.1 Å². The fraction of sp³-hybridized carbons (Fsp3) is 0.333. The minimum absolute atomic E-state index is 0.402. The number of pyridine rings is 1. The molecule has 1 aromatic heterocycles. The summed E-state index contributed by atoms with van der Waals surface area (Å²) in [5.41, 5.74) is 4.16. The first kappa shape index (κ1) is 12.7. The lowest BCUT2D eigenvalue weighted by atomic mass is 9.89. The summed E-state index contributed by atoms with van der Waals surface area (Å²) in [7, 11) is 0. The van der Waals surface area contributed by atoms with E-state index >= 15 is 0 Å². The minimum Gasteiger partial charge on any atom is -0.251 e. The number of benzene rings is 1. The Morgan fingerprint density at radius 1 is 1.21 bits per heavy atom. The quantitative estimate of drug-likeness (QED) is 0.776. The van der Waals surface area contributed by atoms with Crippen molar-refractivity contribution in [3.63, 3.8) is 0 Å². The summed E-state index contributed by atoms with van der Waals surface area (Å²) < 4.78 is 0. The van der Waals surface area contributed by atoms with Crippen LogP contribution in [-0.2, 0) is 19.3 Å². The summed E-state index contributed by atoms with van der Waals surface area (Å²) in [6, 6.07) is 5.97. The number of hydrogen-bond donors (Lipinski definition) is 0. The highest BCUT2D eigenvalue weighted by atomic mass is 35.5. The Morgan fingerprint density at radius 3 is 2.79 bits per heavy atom. The van der Waals surface area contributed by atoms with Crippen LogP contribution < -0.4 is 0 Å². The molecule has 0 saturated heterocycles. The van der Waals surface area contributed by atoms with Crippen LogP contribution in [0.15, 0.2) is 12.1 Å². The van der Waals surface area contributed by atoms with Crippen molar-refractivity contribution in [2.24, 2.45) is 0 Å². The van der Waals surface area contributed by atoms with Crippen molar-refractivity contribution in [2.75, 3.05) is 0 Å². The second-order valence-electron chi connectivity index (χ2n) is 4.82. The van der Waals surface area contributed by atoms with Gasteiger partial charge in [-0.1, -0.05) is 29.3 Å². The van der Waals surface area contributed by atoms with Gasteiger partial charge in [-0.3, -0.25) is 4.98 Å². The van der Waals surface area contributed by atoms with Gasteiger partial charge in [0.25, 0.3) is 0 Å². The predicted molar refractivity (Wildman–Crippen MR) is 77.7 cm³/mol. The van der Waals surface area contributed by atoms with Gasteiger partial charge in [0.2, 0.25) is 0 Å². The van der Waals surface area contributed by atoms with Gasteiger partial charge >= 0.3 is 0 Å². The van der Waals surface area contributed by atoms with E-state index in [-0.39, 0.29) is 0 Å². The Bertz CT molecular complexity index is 702. The maximum atomic E-state index is 9.08. The zero-order valence-corrected chi connectivity index (χ0v) is 11.9. The molecule has 19 heavy (non-hydrogen) atoms. The Hall–Kier alpha value is -1.30. The van der Waals surface area contributed by atoms with Crippen molar-refractivity contribution in [2.45, 2.75) is 32.1 Å². The van der Waals surface area contributed by atoms with Crippen molar-refractivity contribution in [1.29, 1.82) is 5.26 Å². The molecule has 0 radical (unpaired) electrons. The van der Waals surface area contributed by atoms with E-state index in [1.54, 1.807) is 6.07 Å². The zero-order chi connectivity index (χ0) is 13.4. The summed E-state index contributed by atoms with van der Waals surface area (Å²) >= 11 is 12.3. The monoisotopic (exact) mass is 290 g/mol. The van der Waals surface area contributed by atoms with Crippen LogP contribution in [0.5, 0.6) is 0 Å². The Labute approximate surface area is 122 Å². The third-order valence-corrected chi connectivity index (χ3v) is 4.49. The van der Waals surface area contributed by atoms with Gasteiger partial charge in [0.15, 0.2) is 0 Å². The number of rotatable bonds is 1. The molecule has 96 valence electrons. The number of halogens is 2. The first-order valence-electron chi connectivity index (χ1n) is 6.37. The molecule has 4 heteroatoms. The van der Waals surface area contributed by atoms with Gasteiger partial charge in [-0.25, -0.2) is 0 Å². The van der Waals surface area contributed by atoms with Crippen molar-refractivity contribution in [1.82, 2.24) is 4.98 Å². The van der Waals surface area contributed by atoms with E-state index in [0.717, 1.165) is 41.4 Å². The molecule has 3 rings (SSSR count). The Balaban J connectivity index is 2.39. The molecule has 0 fully saturated rings. The number of hydrogen-bond acceptors (Lipinski definition) is 2. The van der Waals surface area contributed by atoms with Crippen LogP contribution in [0.1, 0.15) is 29.7 Å². The first-order chi connectivity index (χ1) is 9.22. The van der Waals surface area contributed by atoms with E-state index in [2.05, 4.69) is 6.07 Å². The van der Waals surface area contributed by atoms with Gasteiger partial charge in [-0.15, -0.1) is 0 Å². The molecule has 0 atom stereocenters. The van der Waals surface area contributed by atoms with E-state index in [1.807, 2.05) is 6.07 Å². The van der Waals surface area contributed by atoms with Crippen molar-refractivity contribution < 1.29 is 0 Å². The van der Waals surface area contributed by atoms with Crippen LogP contribution in [0.3, 0.4) is 0 Å². The summed E-state index contributed by atoms with van der Waals surface area (Å²) in [5.74, 6) is 0. The molecule has 0 spiro atoms. The highest BCUT2D eigenvalue weighted by Crippen LogP contribution is 2.35. The lowest BCUT2D eigenvalue weighted by Crippen LogP contribution is -2.10. The average Bonchev–Trinajstić information content (AvgIpc) is 2.43. The number of aromatic nitrogens is 1. The Kier molecular flexibility index (Phi) is 3.35. The summed E-state index contributed by atoms with van der Waals surface area (Å²) in [5, 5.41) is 11.1. The minimum atomic E-state index is 0.402. The lowest BCUT2D eigenvalue weighted by Gasteiger charge is -2.20. The average molecular weight is 291 g/mol. The van der Waals surface area contributed by atoms with E-state index in [1.165, 1.54) is 12.0 Å². The van der Waals surface area contributed by atoms with Crippen LogP contribution in [-0.4, -0.2) is 4.98 Å². The van der Waals surface area contributed by atoms with Crippen LogP contribution in [0, 0.1) is 11.3 Å². The first-order valence-corrected chi connectivity index (χ1v) is 7.13. The topological polar surface area (TPSA) is 36.7 Å². The molecule has 1 aliphatic rings. The summed E-state index contributed by atoms with van der Waals surface area (Å²) in [4.78, 5) is 4.69. The van der Waals surface area contributed by atoms with Crippen molar-refractivity contribution in [3.8, 4) is 6.07 Å². The van der Waals surface area contributed by atoms with Crippen LogP contribution >= 0.6 is 23.2 Å². The fourth-order valence-electron chi connectivity index (χ4n) is 2.81. The summed E-state index contributed by atoms with van der Waals surface area (Å²) in [6.45, 7) is 0. The van der Waals surface area contributed by atoms with Crippen molar-refractivity contribution >= 4 is 34.1 Å². The molecule has 0 N–H and O–H groups in total. The molecule has 2 nitrogen and oxygen atoms in total. The zero-order valence-electron chi connectivity index (χ0n) is 10.3. The SMILES string of the molecule is N#CCc1c2c(nc3c(Cl)c(Cl)ccc13)CCCC2. The van der Waals surface area contributed by atoms with Gasteiger partial charge in [0, 0.05) is 11.1 Å². The van der Waals surface area contributed by atoms with Gasteiger partial charge < -0.3 is 0 Å². The molecule has 1 aromatic carbocycles. The van der Waals surface area contributed by atoms with Gasteiger partial charge in [-0.2, -0.15) is 5.26 Å². The van der Waals surface area contributed by atoms with Gasteiger partial charge in [-0.05, 0) is 42.9 Å². The van der Waals surface area contributed by atoms with Crippen LogP contribution in [0.4, 0.5) is 0 Å². The lowest BCUT2D eigenvalue weighted by molar-refractivity contribution is 0.666. The fourth-order valence-corrected chi connectivity index (χ4v) is 3.17. The largest absolute Gasteiger partial charge is 0.251 e. The number of nitrogens with zero attached hydrogens (tertiary/aromatic N) is 2.